The lowest BCUT2D eigenvalue weighted by molar-refractivity contribution is 0.0666. The minimum Gasteiger partial charge on any atom is -0.296 e. The van der Waals surface area contributed by atoms with Crippen molar-refractivity contribution in [2.75, 3.05) is 0 Å². The van der Waals surface area contributed by atoms with E-state index in [1.54, 1.807) is 17.0 Å². The number of aromatic nitrogens is 4. The van der Waals surface area contributed by atoms with Gasteiger partial charge in [0.25, 0.3) is 0 Å². The van der Waals surface area contributed by atoms with Gasteiger partial charge in [-0.15, -0.1) is 0 Å². The summed E-state index contributed by atoms with van der Waals surface area (Å²) in [4.78, 5) is 15.8. The molecule has 0 unspecified atom stereocenters. The number of alkyl halides is 2. The van der Waals surface area contributed by atoms with Crippen LogP contribution in [0.4, 0.5) is 8.78 Å². The van der Waals surface area contributed by atoms with E-state index in [1.165, 1.54) is 17.0 Å². The number of nitrogens with zero attached hydrogens (tertiary/aromatic N) is 4. The van der Waals surface area contributed by atoms with Crippen molar-refractivity contribution < 1.29 is 8.78 Å². The van der Waals surface area contributed by atoms with Crippen molar-refractivity contribution in [1.82, 2.24) is 18.7 Å². The zero-order valence-electron chi connectivity index (χ0n) is 9.54. The van der Waals surface area contributed by atoms with E-state index in [9.17, 15) is 13.6 Å². The minimum atomic E-state index is -2.64. The van der Waals surface area contributed by atoms with Crippen LogP contribution in [0.3, 0.4) is 0 Å². The molecule has 0 spiro atoms. The molecule has 0 aliphatic heterocycles. The van der Waals surface area contributed by atoms with Gasteiger partial charge in [0, 0.05) is 30.8 Å². The number of hydrogen-bond acceptors (Lipinski definition) is 2. The Morgan fingerprint density at radius 2 is 2.11 bits per heavy atom. The molecular formula is C11H12F2N4O. The monoisotopic (exact) mass is 254 g/mol. The van der Waals surface area contributed by atoms with Gasteiger partial charge in [0.05, 0.1) is 6.54 Å². The van der Waals surface area contributed by atoms with Crippen LogP contribution in [0.15, 0.2) is 29.6 Å². The van der Waals surface area contributed by atoms with Crippen molar-refractivity contribution in [1.29, 1.82) is 0 Å². The summed E-state index contributed by atoms with van der Waals surface area (Å²) in [7, 11) is 0. The highest BCUT2D eigenvalue weighted by atomic mass is 19.3. The van der Waals surface area contributed by atoms with Gasteiger partial charge in [0.2, 0.25) is 0 Å². The number of hydrogen-bond donors (Lipinski definition) is 0. The highest BCUT2D eigenvalue weighted by Gasteiger charge is 2.25. The summed E-state index contributed by atoms with van der Waals surface area (Å²) in [6.45, 7) is -2.57. The summed E-state index contributed by atoms with van der Waals surface area (Å²) < 4.78 is 29.1. The maximum absolute atomic E-state index is 12.6. The zero-order chi connectivity index (χ0) is 12.7. The molecule has 1 saturated carbocycles. The molecule has 0 amide bonds. The van der Waals surface area contributed by atoms with E-state index in [4.69, 9.17) is 0 Å². The summed E-state index contributed by atoms with van der Waals surface area (Å²) in [5, 5.41) is 0. The van der Waals surface area contributed by atoms with Crippen LogP contribution in [-0.4, -0.2) is 18.7 Å². The molecule has 1 aliphatic rings. The maximum atomic E-state index is 12.6. The van der Waals surface area contributed by atoms with Crippen LogP contribution < -0.4 is 5.69 Å². The predicted molar refractivity (Wildman–Crippen MR) is 59.5 cm³/mol. The van der Waals surface area contributed by atoms with Gasteiger partial charge in [-0.25, -0.2) is 9.78 Å². The quantitative estimate of drug-likeness (QED) is 0.832. The first-order valence-electron chi connectivity index (χ1n) is 5.74. The molecule has 2 aromatic rings. The first-order chi connectivity index (χ1) is 8.66. The largest absolute Gasteiger partial charge is 0.328 e. The van der Waals surface area contributed by atoms with Crippen LogP contribution in [-0.2, 0) is 6.54 Å². The van der Waals surface area contributed by atoms with E-state index < -0.39 is 6.55 Å². The summed E-state index contributed by atoms with van der Waals surface area (Å²) in [5.74, 6) is 0.181. The van der Waals surface area contributed by atoms with Crippen LogP contribution >= 0.6 is 0 Å². The average molecular weight is 254 g/mol. The van der Waals surface area contributed by atoms with Gasteiger partial charge in [0.1, 0.15) is 5.82 Å². The molecule has 0 aromatic carbocycles. The Kier molecular flexibility index (Phi) is 2.53. The van der Waals surface area contributed by atoms with Crippen molar-refractivity contribution in [3.63, 3.8) is 0 Å². The second-order valence-electron chi connectivity index (χ2n) is 4.38. The van der Waals surface area contributed by atoms with Gasteiger partial charge in [-0.3, -0.25) is 13.7 Å². The van der Waals surface area contributed by atoms with Crippen molar-refractivity contribution in [3.05, 3.63) is 41.1 Å². The molecule has 5 nitrogen and oxygen atoms in total. The molecule has 0 N–H and O–H groups in total. The minimum absolute atomic E-state index is 0.0654. The van der Waals surface area contributed by atoms with E-state index in [1.807, 2.05) is 0 Å². The predicted octanol–water partition coefficient (Wildman–Crippen LogP) is 1.62. The number of imidazole rings is 2. The van der Waals surface area contributed by atoms with Gasteiger partial charge in [-0.1, -0.05) is 0 Å². The topological polar surface area (TPSA) is 44.8 Å². The number of halogens is 2. The van der Waals surface area contributed by atoms with E-state index in [0.29, 0.717) is 0 Å². The Morgan fingerprint density at radius 3 is 2.78 bits per heavy atom. The normalized spacial score (nSPS) is 15.5. The SMILES string of the molecule is O=c1n(Cc2nccn2C(F)F)ccn1C1CC1. The molecule has 1 aliphatic carbocycles. The third kappa shape index (κ3) is 1.85. The molecule has 18 heavy (non-hydrogen) atoms. The Bertz CT molecular complexity index is 609. The van der Waals surface area contributed by atoms with E-state index in [-0.39, 0.29) is 24.1 Å². The smallest absolute Gasteiger partial charge is 0.296 e. The van der Waals surface area contributed by atoms with Crippen LogP contribution in [0.5, 0.6) is 0 Å². The third-order valence-electron chi connectivity index (χ3n) is 3.08. The lowest BCUT2D eigenvalue weighted by Gasteiger charge is -2.06. The molecule has 96 valence electrons. The molecular weight excluding hydrogens is 242 g/mol. The molecule has 0 bridgehead atoms. The molecule has 2 heterocycles. The van der Waals surface area contributed by atoms with Crippen molar-refractivity contribution in [2.45, 2.75) is 32.0 Å². The molecule has 0 saturated heterocycles. The first-order valence-corrected chi connectivity index (χ1v) is 5.74. The number of rotatable bonds is 4. The molecule has 1 fully saturated rings. The Balaban J connectivity index is 1.88. The fraction of sp³-hybridized carbons (Fsp3) is 0.455. The standard InChI is InChI=1S/C11H12F2N4O/c12-10(13)17-4-3-14-9(17)7-15-5-6-16(11(15)18)8-1-2-8/h3-6,8,10H,1-2,7H2. The summed E-state index contributed by atoms with van der Waals surface area (Å²) >= 11 is 0. The Hall–Kier alpha value is -1.92. The average Bonchev–Trinajstić information content (AvgIpc) is 2.95. The Morgan fingerprint density at radius 1 is 1.33 bits per heavy atom. The second-order valence-corrected chi connectivity index (χ2v) is 4.38. The van der Waals surface area contributed by atoms with Gasteiger partial charge in [-0.2, -0.15) is 8.78 Å². The van der Waals surface area contributed by atoms with Crippen LogP contribution in [0, 0.1) is 0 Å². The highest BCUT2D eigenvalue weighted by Crippen LogP contribution is 2.33. The summed E-state index contributed by atoms with van der Waals surface area (Å²) in [5.41, 5.74) is -0.165. The second kappa shape index (κ2) is 4.08. The zero-order valence-corrected chi connectivity index (χ0v) is 9.54. The van der Waals surface area contributed by atoms with Gasteiger partial charge in [-0.05, 0) is 12.8 Å². The highest BCUT2D eigenvalue weighted by molar-refractivity contribution is 4.97. The van der Waals surface area contributed by atoms with E-state index >= 15 is 0 Å². The van der Waals surface area contributed by atoms with Gasteiger partial charge >= 0.3 is 12.2 Å². The van der Waals surface area contributed by atoms with E-state index in [0.717, 1.165) is 17.4 Å². The molecule has 0 radical (unpaired) electrons. The van der Waals surface area contributed by atoms with Crippen LogP contribution in [0.25, 0.3) is 0 Å². The summed E-state index contributed by atoms with van der Waals surface area (Å²) in [6.07, 6.45) is 7.86. The molecule has 3 rings (SSSR count). The maximum Gasteiger partial charge on any atom is 0.328 e. The lowest BCUT2D eigenvalue weighted by atomic mass is 10.5. The lowest BCUT2D eigenvalue weighted by Crippen LogP contribution is -2.25. The molecule has 2 aromatic heterocycles. The van der Waals surface area contributed by atoms with Gasteiger partial charge < -0.3 is 0 Å². The fourth-order valence-corrected chi connectivity index (χ4v) is 1.98. The van der Waals surface area contributed by atoms with E-state index in [2.05, 4.69) is 4.98 Å². The van der Waals surface area contributed by atoms with Crippen LogP contribution in [0.1, 0.15) is 31.3 Å². The first kappa shape index (κ1) is 11.2. The van der Waals surface area contributed by atoms with Crippen molar-refractivity contribution >= 4 is 0 Å². The van der Waals surface area contributed by atoms with Crippen molar-refractivity contribution in [3.8, 4) is 0 Å². The van der Waals surface area contributed by atoms with Crippen molar-refractivity contribution in [2.24, 2.45) is 0 Å². The van der Waals surface area contributed by atoms with Crippen LogP contribution in [0.2, 0.25) is 0 Å². The van der Waals surface area contributed by atoms with Gasteiger partial charge in [0.15, 0.2) is 0 Å². The molecule has 7 heteroatoms. The fourth-order valence-electron chi connectivity index (χ4n) is 1.98. The third-order valence-corrected chi connectivity index (χ3v) is 3.08. The Labute approximate surface area is 101 Å². The molecule has 0 atom stereocenters. The summed E-state index contributed by atoms with van der Waals surface area (Å²) in [6, 6.07) is 0.286.